The number of carbonyl (C=O) groups excluding carboxylic acids is 1. The molecule has 6 nitrogen and oxygen atoms in total. The molecular weight excluding hydrogens is 424 g/mol. The van der Waals surface area contributed by atoms with Gasteiger partial charge in [0.15, 0.2) is 0 Å². The molecule has 1 aromatic heterocycles. The summed E-state index contributed by atoms with van der Waals surface area (Å²) in [6.45, 7) is 10.3. The van der Waals surface area contributed by atoms with Gasteiger partial charge in [0.2, 0.25) is 0 Å². The van der Waals surface area contributed by atoms with Crippen LogP contribution in [0.2, 0.25) is 0 Å². The number of nitrogens with zero attached hydrogens (tertiary/aromatic N) is 3. The molecule has 0 saturated carbocycles. The molecule has 1 aliphatic heterocycles. The number of fused-ring (bicyclic) bond motifs is 1. The van der Waals surface area contributed by atoms with E-state index in [9.17, 15) is 4.79 Å². The second kappa shape index (κ2) is 10.6. The zero-order valence-electron chi connectivity index (χ0n) is 20.2. The molecule has 0 aliphatic carbocycles. The van der Waals surface area contributed by atoms with Crippen molar-refractivity contribution in [1.82, 2.24) is 14.8 Å². The maximum Gasteiger partial charge on any atom is 0.256 e. The van der Waals surface area contributed by atoms with Crippen molar-refractivity contribution in [2.75, 3.05) is 52.3 Å². The standard InChI is InChI=1S/C28H32N4O2/c1-5-25(26(31(3)4)19-32-12-14-34-15-13-32)22-10-11-23-18-29-27(17-24(23)16-22)30-28(33)21-8-6-20(2)7-9-21/h5-11,16-18H,1,12-15,19H2,2-4H3,(H,29,30,33)/b26-25+. The molecule has 0 atom stereocenters. The van der Waals surface area contributed by atoms with E-state index >= 15 is 0 Å². The van der Waals surface area contributed by atoms with Crippen molar-refractivity contribution in [3.8, 4) is 0 Å². The zero-order valence-corrected chi connectivity index (χ0v) is 20.2. The summed E-state index contributed by atoms with van der Waals surface area (Å²) < 4.78 is 5.51. The van der Waals surface area contributed by atoms with Crippen molar-refractivity contribution in [2.45, 2.75) is 6.92 Å². The van der Waals surface area contributed by atoms with Crippen LogP contribution in [-0.4, -0.2) is 67.6 Å². The summed E-state index contributed by atoms with van der Waals surface area (Å²) in [6.07, 6.45) is 3.72. The molecule has 2 heterocycles. The van der Waals surface area contributed by atoms with Gasteiger partial charge in [-0.3, -0.25) is 9.69 Å². The first-order chi connectivity index (χ1) is 16.4. The van der Waals surface area contributed by atoms with Crippen LogP contribution in [0.1, 0.15) is 21.5 Å². The molecule has 0 unspecified atom stereocenters. The molecule has 1 amide bonds. The number of likely N-dealkylation sites (N-methyl/N-ethyl adjacent to an activating group) is 1. The summed E-state index contributed by atoms with van der Waals surface area (Å²) >= 11 is 0. The van der Waals surface area contributed by atoms with Crippen molar-refractivity contribution >= 4 is 28.1 Å². The molecular formula is C28H32N4O2. The second-order valence-corrected chi connectivity index (χ2v) is 8.80. The van der Waals surface area contributed by atoms with E-state index in [1.165, 1.54) is 5.70 Å². The third kappa shape index (κ3) is 5.53. The Morgan fingerprint density at radius 2 is 1.79 bits per heavy atom. The number of nitrogens with one attached hydrogen (secondary N) is 1. The molecule has 34 heavy (non-hydrogen) atoms. The Bertz CT molecular complexity index is 1210. The summed E-state index contributed by atoms with van der Waals surface area (Å²) in [4.78, 5) is 21.7. The van der Waals surface area contributed by atoms with Gasteiger partial charge in [-0.15, -0.1) is 0 Å². The molecule has 4 rings (SSSR count). The second-order valence-electron chi connectivity index (χ2n) is 8.80. The van der Waals surface area contributed by atoms with Crippen molar-refractivity contribution in [3.63, 3.8) is 0 Å². The molecule has 1 N–H and O–H groups in total. The van der Waals surface area contributed by atoms with Gasteiger partial charge in [-0.05, 0) is 42.1 Å². The molecule has 2 aromatic carbocycles. The van der Waals surface area contributed by atoms with Gasteiger partial charge in [0.05, 0.1) is 13.2 Å². The quantitative estimate of drug-likeness (QED) is 0.527. The van der Waals surface area contributed by atoms with Crippen LogP contribution in [0.15, 0.2) is 73.1 Å². The molecule has 1 fully saturated rings. The predicted octanol–water partition coefficient (Wildman–Crippen LogP) is 4.59. The fraction of sp³-hybridized carbons (Fsp3) is 0.286. The molecule has 0 spiro atoms. The molecule has 6 heteroatoms. The van der Waals surface area contributed by atoms with Gasteiger partial charge in [-0.2, -0.15) is 0 Å². The zero-order chi connectivity index (χ0) is 24.1. The highest BCUT2D eigenvalue weighted by atomic mass is 16.5. The number of carbonyl (C=O) groups is 1. The number of allylic oxidation sites excluding steroid dienone is 2. The summed E-state index contributed by atoms with van der Waals surface area (Å²) in [5, 5.41) is 4.94. The summed E-state index contributed by atoms with van der Waals surface area (Å²) in [5.41, 5.74) is 5.11. The fourth-order valence-corrected chi connectivity index (χ4v) is 4.11. The van der Waals surface area contributed by atoms with Crippen LogP contribution in [0, 0.1) is 6.92 Å². The number of hydrogen-bond donors (Lipinski definition) is 1. The highest BCUT2D eigenvalue weighted by Crippen LogP contribution is 2.27. The third-order valence-electron chi connectivity index (χ3n) is 6.12. The first-order valence-electron chi connectivity index (χ1n) is 11.6. The SMILES string of the molecule is C=C/C(=C(/CN1CCOCC1)N(C)C)c1ccc2cnc(NC(=O)c3ccc(C)cc3)cc2c1. The number of aromatic nitrogens is 1. The molecule has 0 bridgehead atoms. The number of hydrogen-bond acceptors (Lipinski definition) is 5. The maximum atomic E-state index is 12.6. The lowest BCUT2D eigenvalue weighted by molar-refractivity contribution is 0.0401. The Hall–Kier alpha value is -3.48. The van der Waals surface area contributed by atoms with Gasteiger partial charge in [0.1, 0.15) is 5.82 Å². The topological polar surface area (TPSA) is 57.7 Å². The summed E-state index contributed by atoms with van der Waals surface area (Å²) in [6, 6.07) is 15.7. The molecule has 1 aliphatic rings. The Morgan fingerprint density at radius 3 is 2.47 bits per heavy atom. The summed E-state index contributed by atoms with van der Waals surface area (Å²) in [7, 11) is 4.14. The van der Waals surface area contributed by atoms with Gasteiger partial charge in [0.25, 0.3) is 5.91 Å². The number of benzene rings is 2. The van der Waals surface area contributed by atoms with Crippen LogP contribution < -0.4 is 5.32 Å². The highest BCUT2D eigenvalue weighted by Gasteiger charge is 2.17. The third-order valence-corrected chi connectivity index (χ3v) is 6.12. The largest absolute Gasteiger partial charge is 0.379 e. The van der Waals surface area contributed by atoms with E-state index in [1.54, 1.807) is 6.20 Å². The smallest absolute Gasteiger partial charge is 0.256 e. The first-order valence-corrected chi connectivity index (χ1v) is 11.6. The Balaban J connectivity index is 1.63. The van der Waals surface area contributed by atoms with E-state index in [-0.39, 0.29) is 5.91 Å². The Labute approximate surface area is 201 Å². The normalized spacial score (nSPS) is 15.0. The minimum absolute atomic E-state index is 0.171. The van der Waals surface area contributed by atoms with Gasteiger partial charge in [-0.1, -0.05) is 42.5 Å². The van der Waals surface area contributed by atoms with Crippen LogP contribution in [0.5, 0.6) is 0 Å². The van der Waals surface area contributed by atoms with Gasteiger partial charge < -0.3 is 15.0 Å². The average Bonchev–Trinajstić information content (AvgIpc) is 2.84. The molecule has 3 aromatic rings. The monoisotopic (exact) mass is 456 g/mol. The van der Waals surface area contributed by atoms with E-state index in [2.05, 4.69) is 59.0 Å². The number of ether oxygens (including phenoxy) is 1. The van der Waals surface area contributed by atoms with Crippen LogP contribution >= 0.6 is 0 Å². The van der Waals surface area contributed by atoms with Crippen molar-refractivity contribution in [1.29, 1.82) is 0 Å². The van der Waals surface area contributed by atoms with Crippen LogP contribution in [0.4, 0.5) is 5.82 Å². The van der Waals surface area contributed by atoms with Crippen LogP contribution in [-0.2, 0) is 4.74 Å². The molecule has 176 valence electrons. The van der Waals surface area contributed by atoms with E-state index in [0.717, 1.165) is 60.3 Å². The number of amides is 1. The van der Waals surface area contributed by atoms with Crippen LogP contribution in [0.3, 0.4) is 0 Å². The van der Waals surface area contributed by atoms with E-state index in [1.807, 2.05) is 43.3 Å². The Kier molecular flexibility index (Phi) is 7.40. The van der Waals surface area contributed by atoms with Gasteiger partial charge in [-0.25, -0.2) is 4.98 Å². The lowest BCUT2D eigenvalue weighted by atomic mass is 9.99. The molecule has 0 radical (unpaired) electrons. The first kappa shape index (κ1) is 23.7. The van der Waals surface area contributed by atoms with E-state index < -0.39 is 0 Å². The maximum absolute atomic E-state index is 12.6. The number of anilines is 1. The lowest BCUT2D eigenvalue weighted by Gasteiger charge is -2.31. The highest BCUT2D eigenvalue weighted by molar-refractivity contribution is 6.04. The Morgan fingerprint density at radius 1 is 1.09 bits per heavy atom. The minimum Gasteiger partial charge on any atom is -0.379 e. The van der Waals surface area contributed by atoms with Crippen molar-refractivity contribution in [3.05, 3.63) is 89.8 Å². The number of morpholine rings is 1. The predicted molar refractivity (Wildman–Crippen MR) is 139 cm³/mol. The van der Waals surface area contributed by atoms with Gasteiger partial charge in [0, 0.05) is 62.1 Å². The van der Waals surface area contributed by atoms with E-state index in [4.69, 9.17) is 4.74 Å². The lowest BCUT2D eigenvalue weighted by Crippen LogP contribution is -2.39. The molecule has 1 saturated heterocycles. The van der Waals surface area contributed by atoms with Gasteiger partial charge >= 0.3 is 0 Å². The number of rotatable bonds is 7. The summed E-state index contributed by atoms with van der Waals surface area (Å²) in [5.74, 6) is 0.357. The minimum atomic E-state index is -0.171. The fourth-order valence-electron chi connectivity index (χ4n) is 4.11. The van der Waals surface area contributed by atoms with Crippen molar-refractivity contribution in [2.24, 2.45) is 0 Å². The van der Waals surface area contributed by atoms with Crippen molar-refractivity contribution < 1.29 is 9.53 Å². The van der Waals surface area contributed by atoms with E-state index in [0.29, 0.717) is 11.4 Å². The van der Waals surface area contributed by atoms with Crippen LogP contribution in [0.25, 0.3) is 16.3 Å². The number of aryl methyl sites for hydroxylation is 1. The average molecular weight is 457 g/mol. The number of pyridine rings is 1.